The Morgan fingerprint density at radius 1 is 1.39 bits per heavy atom. The lowest BCUT2D eigenvalue weighted by Crippen LogP contribution is -2.02. The zero-order valence-corrected chi connectivity index (χ0v) is 12.9. The van der Waals surface area contributed by atoms with Crippen LogP contribution >= 0.6 is 27.5 Å². The molecule has 2 aromatic rings. The normalized spacial score (nSPS) is 10.7. The molecule has 0 saturated carbocycles. The summed E-state index contributed by atoms with van der Waals surface area (Å²) >= 11 is 9.44. The Hall–Kier alpha value is -1.000. The van der Waals surface area contributed by atoms with Gasteiger partial charge >= 0.3 is 0 Å². The van der Waals surface area contributed by atoms with Crippen LogP contribution in [0.15, 0.2) is 22.7 Å². The molecule has 0 atom stereocenters. The lowest BCUT2D eigenvalue weighted by Gasteiger charge is -2.08. The number of nitrogens with zero attached hydrogens (tertiary/aromatic N) is 2. The van der Waals surface area contributed by atoms with Gasteiger partial charge in [-0.1, -0.05) is 11.6 Å². The second kappa shape index (κ2) is 5.33. The van der Waals surface area contributed by atoms with Crippen LogP contribution in [0.4, 0.5) is 5.69 Å². The number of aromatic nitrogens is 2. The summed E-state index contributed by atoms with van der Waals surface area (Å²) in [5, 5.41) is 8.47. The molecule has 0 saturated heterocycles. The summed E-state index contributed by atoms with van der Waals surface area (Å²) in [6.45, 7) is 4.85. The van der Waals surface area contributed by atoms with Gasteiger partial charge in [-0.15, -0.1) is 0 Å². The van der Waals surface area contributed by atoms with Crippen LogP contribution in [0, 0.1) is 13.8 Å². The fourth-order valence-electron chi connectivity index (χ4n) is 1.87. The van der Waals surface area contributed by atoms with Gasteiger partial charge in [0.05, 0.1) is 10.7 Å². The van der Waals surface area contributed by atoms with Gasteiger partial charge in [0.2, 0.25) is 0 Å². The van der Waals surface area contributed by atoms with Crippen molar-refractivity contribution in [1.29, 1.82) is 0 Å². The van der Waals surface area contributed by atoms with Crippen molar-refractivity contribution in [3.05, 3.63) is 44.6 Å². The van der Waals surface area contributed by atoms with Crippen molar-refractivity contribution in [1.82, 2.24) is 9.78 Å². The Morgan fingerprint density at radius 2 is 2.11 bits per heavy atom. The van der Waals surface area contributed by atoms with Gasteiger partial charge in [0.15, 0.2) is 0 Å². The first-order chi connectivity index (χ1) is 8.49. The van der Waals surface area contributed by atoms with E-state index in [0.717, 1.165) is 22.4 Å². The molecule has 1 aromatic heterocycles. The molecule has 1 N–H and O–H groups in total. The topological polar surface area (TPSA) is 29.9 Å². The smallest absolute Gasteiger partial charge is 0.0646 e. The van der Waals surface area contributed by atoms with E-state index < -0.39 is 0 Å². The molecular weight excluding hydrogens is 314 g/mol. The van der Waals surface area contributed by atoms with Crippen molar-refractivity contribution in [3.8, 4) is 0 Å². The van der Waals surface area contributed by atoms with Crippen LogP contribution < -0.4 is 5.32 Å². The van der Waals surface area contributed by atoms with Gasteiger partial charge in [-0.05, 0) is 48.0 Å². The maximum Gasteiger partial charge on any atom is 0.0646 e. The lowest BCUT2D eigenvalue weighted by molar-refractivity contribution is 0.730. The Kier molecular flexibility index (Phi) is 3.97. The van der Waals surface area contributed by atoms with E-state index in [-0.39, 0.29) is 0 Å². The maximum atomic E-state index is 6.06. The summed E-state index contributed by atoms with van der Waals surface area (Å²) < 4.78 is 2.81. The molecule has 3 nitrogen and oxygen atoms in total. The number of hydrogen-bond acceptors (Lipinski definition) is 2. The average Bonchev–Trinajstić information content (AvgIpc) is 2.56. The maximum absolute atomic E-state index is 6.06. The molecule has 1 aromatic carbocycles. The molecule has 1 heterocycles. The third-order valence-corrected chi connectivity index (χ3v) is 4.28. The minimum Gasteiger partial charge on any atom is -0.381 e. The van der Waals surface area contributed by atoms with E-state index in [1.807, 2.05) is 36.9 Å². The van der Waals surface area contributed by atoms with Gasteiger partial charge in [0.1, 0.15) is 0 Å². The fourth-order valence-corrected chi connectivity index (χ4v) is 2.30. The number of anilines is 1. The van der Waals surface area contributed by atoms with E-state index in [9.17, 15) is 0 Å². The van der Waals surface area contributed by atoms with Crippen LogP contribution in [0.1, 0.15) is 17.0 Å². The number of halogens is 2. The van der Waals surface area contributed by atoms with Gasteiger partial charge in [0.25, 0.3) is 0 Å². The number of hydrogen-bond donors (Lipinski definition) is 1. The SMILES string of the molecule is Cc1nn(C)c(C)c1CNc1ccc(Br)c(Cl)c1. The molecule has 0 radical (unpaired) electrons. The zero-order valence-electron chi connectivity index (χ0n) is 10.6. The van der Waals surface area contributed by atoms with Crippen molar-refractivity contribution < 1.29 is 0 Å². The lowest BCUT2D eigenvalue weighted by atomic mass is 10.2. The average molecular weight is 329 g/mol. The van der Waals surface area contributed by atoms with Crippen LogP contribution in [-0.2, 0) is 13.6 Å². The molecule has 18 heavy (non-hydrogen) atoms. The number of nitrogens with one attached hydrogen (secondary N) is 1. The highest BCUT2D eigenvalue weighted by molar-refractivity contribution is 9.10. The van der Waals surface area contributed by atoms with Crippen molar-refractivity contribution >= 4 is 33.2 Å². The number of aryl methyl sites for hydroxylation is 2. The molecule has 0 aliphatic carbocycles. The quantitative estimate of drug-likeness (QED) is 0.920. The Morgan fingerprint density at radius 3 is 2.67 bits per heavy atom. The minimum atomic E-state index is 0.708. The summed E-state index contributed by atoms with van der Waals surface area (Å²) in [6, 6.07) is 5.84. The third-order valence-electron chi connectivity index (χ3n) is 3.05. The Labute approximate surface area is 120 Å². The van der Waals surface area contributed by atoms with Gasteiger partial charge in [-0.25, -0.2) is 0 Å². The highest BCUT2D eigenvalue weighted by Crippen LogP contribution is 2.26. The van der Waals surface area contributed by atoms with Gasteiger partial charge < -0.3 is 5.32 Å². The molecule has 5 heteroatoms. The van der Waals surface area contributed by atoms with Crippen LogP contribution in [0.3, 0.4) is 0 Å². The fraction of sp³-hybridized carbons (Fsp3) is 0.308. The van der Waals surface area contributed by atoms with Gasteiger partial charge in [-0.2, -0.15) is 5.10 Å². The summed E-state index contributed by atoms with van der Waals surface area (Å²) in [5.41, 5.74) is 4.48. The predicted molar refractivity (Wildman–Crippen MR) is 79.2 cm³/mol. The van der Waals surface area contributed by atoms with E-state index >= 15 is 0 Å². The highest BCUT2D eigenvalue weighted by atomic mass is 79.9. The van der Waals surface area contributed by atoms with Crippen molar-refractivity contribution in [2.45, 2.75) is 20.4 Å². The summed E-state index contributed by atoms with van der Waals surface area (Å²) in [5.74, 6) is 0. The first-order valence-electron chi connectivity index (χ1n) is 5.67. The van der Waals surface area contributed by atoms with Crippen LogP contribution in [-0.4, -0.2) is 9.78 Å². The predicted octanol–water partition coefficient (Wildman–Crippen LogP) is 4.06. The molecule has 0 unspecified atom stereocenters. The molecule has 0 amide bonds. The van der Waals surface area contributed by atoms with E-state index in [1.54, 1.807) is 0 Å². The second-order valence-corrected chi connectivity index (χ2v) is 5.52. The minimum absolute atomic E-state index is 0.708. The highest BCUT2D eigenvalue weighted by Gasteiger charge is 2.08. The largest absolute Gasteiger partial charge is 0.381 e. The van der Waals surface area contributed by atoms with Crippen molar-refractivity contribution in [2.24, 2.45) is 7.05 Å². The molecule has 0 bridgehead atoms. The molecule has 0 spiro atoms. The van der Waals surface area contributed by atoms with Crippen LogP contribution in [0.25, 0.3) is 0 Å². The second-order valence-electron chi connectivity index (χ2n) is 4.26. The van der Waals surface area contributed by atoms with Crippen molar-refractivity contribution in [3.63, 3.8) is 0 Å². The first kappa shape index (κ1) is 13.4. The molecular formula is C13H15BrClN3. The number of benzene rings is 1. The Bertz CT molecular complexity index is 578. The van der Waals surface area contributed by atoms with Gasteiger partial charge in [0, 0.05) is 35.0 Å². The molecule has 0 aliphatic rings. The molecule has 0 aliphatic heterocycles. The van der Waals surface area contributed by atoms with E-state index in [2.05, 4.69) is 33.3 Å². The summed E-state index contributed by atoms with van der Waals surface area (Å²) in [4.78, 5) is 0. The van der Waals surface area contributed by atoms with E-state index in [1.165, 1.54) is 11.3 Å². The molecule has 0 fully saturated rings. The molecule has 96 valence electrons. The van der Waals surface area contributed by atoms with Crippen molar-refractivity contribution in [2.75, 3.05) is 5.32 Å². The molecule has 2 rings (SSSR count). The number of rotatable bonds is 3. The monoisotopic (exact) mass is 327 g/mol. The van der Waals surface area contributed by atoms with E-state index in [0.29, 0.717) is 5.02 Å². The van der Waals surface area contributed by atoms with Crippen LogP contribution in [0.2, 0.25) is 5.02 Å². The van der Waals surface area contributed by atoms with Crippen LogP contribution in [0.5, 0.6) is 0 Å². The Balaban J connectivity index is 2.14. The summed E-state index contributed by atoms with van der Waals surface area (Å²) in [6.07, 6.45) is 0. The third kappa shape index (κ3) is 2.70. The van der Waals surface area contributed by atoms with E-state index in [4.69, 9.17) is 11.6 Å². The summed E-state index contributed by atoms with van der Waals surface area (Å²) in [7, 11) is 1.96. The van der Waals surface area contributed by atoms with Gasteiger partial charge in [-0.3, -0.25) is 4.68 Å². The zero-order chi connectivity index (χ0) is 13.3. The first-order valence-corrected chi connectivity index (χ1v) is 6.84. The standard InChI is InChI=1S/C13H15BrClN3/c1-8-11(9(2)18(3)17-8)7-16-10-4-5-12(14)13(15)6-10/h4-6,16H,7H2,1-3H3.